The molecule has 3 heteroatoms. The summed E-state index contributed by atoms with van der Waals surface area (Å²) < 4.78 is 1.09. The van der Waals surface area contributed by atoms with Gasteiger partial charge < -0.3 is 5.11 Å². The molecular formula is C13H13BrO2. The van der Waals surface area contributed by atoms with E-state index in [0.29, 0.717) is 0 Å². The minimum absolute atomic E-state index is 0.0830. The predicted molar refractivity (Wildman–Crippen MR) is 64.3 cm³/mol. The third-order valence-electron chi connectivity index (χ3n) is 4.09. The van der Waals surface area contributed by atoms with Crippen LogP contribution in [0.5, 0.6) is 0 Å². The molecule has 2 unspecified atom stereocenters. The van der Waals surface area contributed by atoms with Gasteiger partial charge in [0.05, 0.1) is 5.92 Å². The Morgan fingerprint density at radius 1 is 1.44 bits per heavy atom. The molecule has 0 bridgehead atoms. The Morgan fingerprint density at radius 2 is 2.25 bits per heavy atom. The number of aliphatic carboxylic acids is 1. The summed E-state index contributed by atoms with van der Waals surface area (Å²) in [7, 11) is 0. The second-order valence-corrected chi connectivity index (χ2v) is 5.96. The number of carboxylic acids is 1. The molecule has 0 amide bonds. The van der Waals surface area contributed by atoms with Gasteiger partial charge in [0.1, 0.15) is 0 Å². The second-order valence-electron chi connectivity index (χ2n) is 5.05. The Hall–Kier alpha value is -0.830. The van der Waals surface area contributed by atoms with Gasteiger partial charge in [-0.05, 0) is 54.4 Å². The van der Waals surface area contributed by atoms with E-state index in [1.54, 1.807) is 0 Å². The van der Waals surface area contributed by atoms with Crippen molar-refractivity contribution in [1.29, 1.82) is 0 Å². The molecule has 1 aromatic rings. The molecule has 0 saturated heterocycles. The van der Waals surface area contributed by atoms with Gasteiger partial charge in [-0.1, -0.05) is 22.0 Å². The highest BCUT2D eigenvalue weighted by Crippen LogP contribution is 2.60. The van der Waals surface area contributed by atoms with Gasteiger partial charge >= 0.3 is 5.97 Å². The Morgan fingerprint density at radius 3 is 2.94 bits per heavy atom. The van der Waals surface area contributed by atoms with E-state index in [0.717, 1.165) is 30.2 Å². The van der Waals surface area contributed by atoms with Crippen molar-refractivity contribution >= 4 is 21.9 Å². The van der Waals surface area contributed by atoms with Gasteiger partial charge in [-0.25, -0.2) is 0 Å². The molecule has 2 aliphatic carbocycles. The first-order valence-corrected chi connectivity index (χ1v) is 6.40. The lowest BCUT2D eigenvalue weighted by Crippen LogP contribution is -2.20. The molecule has 16 heavy (non-hydrogen) atoms. The summed E-state index contributed by atoms with van der Waals surface area (Å²) >= 11 is 3.48. The molecule has 1 fully saturated rings. The summed E-state index contributed by atoms with van der Waals surface area (Å²) in [5.41, 5.74) is 2.81. The number of fused-ring (bicyclic) bond motifs is 1. The molecule has 0 radical (unpaired) electrons. The van der Waals surface area contributed by atoms with E-state index < -0.39 is 5.97 Å². The molecule has 1 spiro atoms. The van der Waals surface area contributed by atoms with E-state index in [9.17, 15) is 4.79 Å². The summed E-state index contributed by atoms with van der Waals surface area (Å²) in [6.07, 6.45) is 3.89. The Balaban J connectivity index is 1.90. The number of hydrogen-bond acceptors (Lipinski definition) is 1. The highest BCUT2D eigenvalue weighted by molar-refractivity contribution is 9.10. The largest absolute Gasteiger partial charge is 0.481 e. The summed E-state index contributed by atoms with van der Waals surface area (Å²) in [5, 5.41) is 9.06. The van der Waals surface area contributed by atoms with Crippen molar-refractivity contribution in [2.24, 2.45) is 11.3 Å². The number of halogens is 1. The highest BCUT2D eigenvalue weighted by Gasteiger charge is 2.58. The van der Waals surface area contributed by atoms with E-state index in [2.05, 4.69) is 34.1 Å². The van der Waals surface area contributed by atoms with Gasteiger partial charge in [-0.2, -0.15) is 0 Å². The number of carbonyl (C=O) groups is 1. The zero-order valence-corrected chi connectivity index (χ0v) is 10.5. The van der Waals surface area contributed by atoms with Crippen LogP contribution in [0.4, 0.5) is 0 Å². The summed E-state index contributed by atoms with van der Waals surface area (Å²) in [6, 6.07) is 6.37. The highest BCUT2D eigenvalue weighted by atomic mass is 79.9. The van der Waals surface area contributed by atoms with Gasteiger partial charge in [-0.15, -0.1) is 0 Å². The minimum atomic E-state index is -0.613. The fraction of sp³-hybridized carbons (Fsp3) is 0.462. The van der Waals surface area contributed by atoms with Crippen molar-refractivity contribution in [3.05, 3.63) is 33.8 Å². The van der Waals surface area contributed by atoms with Crippen LogP contribution in [0.2, 0.25) is 0 Å². The van der Waals surface area contributed by atoms with Gasteiger partial charge in [0, 0.05) is 4.47 Å². The van der Waals surface area contributed by atoms with Crippen LogP contribution >= 0.6 is 15.9 Å². The summed E-state index contributed by atoms with van der Waals surface area (Å²) in [4.78, 5) is 11.0. The van der Waals surface area contributed by atoms with Crippen LogP contribution in [0.15, 0.2) is 22.7 Å². The van der Waals surface area contributed by atoms with Crippen LogP contribution in [0.3, 0.4) is 0 Å². The van der Waals surface area contributed by atoms with Gasteiger partial charge in [0.15, 0.2) is 0 Å². The van der Waals surface area contributed by atoms with Crippen LogP contribution < -0.4 is 0 Å². The summed E-state index contributed by atoms with van der Waals surface area (Å²) in [5.74, 6) is -0.710. The van der Waals surface area contributed by atoms with Crippen LogP contribution in [0.1, 0.15) is 24.0 Å². The Labute approximate surface area is 103 Å². The maximum Gasteiger partial charge on any atom is 0.307 e. The lowest BCUT2D eigenvalue weighted by atomic mass is 9.80. The molecule has 2 nitrogen and oxygen atoms in total. The normalized spacial score (nSPS) is 31.2. The average Bonchev–Trinajstić information content (AvgIpc) is 2.92. The SMILES string of the molecule is O=C(O)C1CC12CCc1ccc(Br)cc1C2. The van der Waals surface area contributed by atoms with Crippen molar-refractivity contribution in [2.75, 3.05) is 0 Å². The zero-order chi connectivity index (χ0) is 11.3. The van der Waals surface area contributed by atoms with Gasteiger partial charge in [0.2, 0.25) is 0 Å². The molecule has 0 heterocycles. The first kappa shape index (κ1) is 10.3. The van der Waals surface area contributed by atoms with E-state index in [4.69, 9.17) is 5.11 Å². The van der Waals surface area contributed by atoms with Crippen LogP contribution in [-0.2, 0) is 17.6 Å². The number of hydrogen-bond donors (Lipinski definition) is 1. The lowest BCUT2D eigenvalue weighted by molar-refractivity contribution is -0.139. The average molecular weight is 281 g/mol. The van der Waals surface area contributed by atoms with Crippen molar-refractivity contribution in [2.45, 2.75) is 25.7 Å². The lowest BCUT2D eigenvalue weighted by Gasteiger charge is -2.25. The topological polar surface area (TPSA) is 37.3 Å². The van der Waals surface area contributed by atoms with Crippen LogP contribution in [0.25, 0.3) is 0 Å². The molecule has 84 valence electrons. The zero-order valence-electron chi connectivity index (χ0n) is 8.87. The maximum absolute atomic E-state index is 11.0. The molecule has 2 aliphatic rings. The van der Waals surface area contributed by atoms with Crippen LogP contribution in [-0.4, -0.2) is 11.1 Å². The Kier molecular flexibility index (Phi) is 2.15. The summed E-state index contributed by atoms with van der Waals surface area (Å²) in [6.45, 7) is 0. The fourth-order valence-electron chi connectivity index (χ4n) is 3.02. The first-order chi connectivity index (χ1) is 7.61. The molecule has 2 atom stereocenters. The van der Waals surface area contributed by atoms with E-state index >= 15 is 0 Å². The monoisotopic (exact) mass is 280 g/mol. The first-order valence-electron chi connectivity index (χ1n) is 5.61. The standard InChI is InChI=1S/C13H13BrO2/c14-10-2-1-8-3-4-13(6-9(8)5-10)7-11(13)12(15)16/h1-2,5,11H,3-4,6-7H2,(H,15,16). The molecule has 0 aromatic heterocycles. The number of rotatable bonds is 1. The van der Waals surface area contributed by atoms with Crippen molar-refractivity contribution in [3.63, 3.8) is 0 Å². The van der Waals surface area contributed by atoms with Gasteiger partial charge in [0.25, 0.3) is 0 Å². The molecule has 1 N–H and O–H groups in total. The maximum atomic E-state index is 11.0. The van der Waals surface area contributed by atoms with Crippen molar-refractivity contribution < 1.29 is 9.90 Å². The quantitative estimate of drug-likeness (QED) is 0.859. The molecule has 1 aromatic carbocycles. The molecule has 1 saturated carbocycles. The van der Waals surface area contributed by atoms with Gasteiger partial charge in [-0.3, -0.25) is 4.79 Å². The van der Waals surface area contributed by atoms with Crippen molar-refractivity contribution in [1.82, 2.24) is 0 Å². The van der Waals surface area contributed by atoms with Crippen LogP contribution in [0, 0.1) is 11.3 Å². The number of benzene rings is 1. The van der Waals surface area contributed by atoms with E-state index in [1.807, 2.05) is 0 Å². The van der Waals surface area contributed by atoms with E-state index in [1.165, 1.54) is 11.1 Å². The molecule has 0 aliphatic heterocycles. The number of carboxylic acid groups (broad SMARTS) is 1. The number of aryl methyl sites for hydroxylation is 1. The fourth-order valence-corrected chi connectivity index (χ4v) is 3.43. The predicted octanol–water partition coefficient (Wildman–Crippen LogP) is 3.03. The molecular weight excluding hydrogens is 268 g/mol. The smallest absolute Gasteiger partial charge is 0.307 e. The Bertz CT molecular complexity index is 469. The van der Waals surface area contributed by atoms with E-state index in [-0.39, 0.29) is 11.3 Å². The second kappa shape index (κ2) is 3.33. The minimum Gasteiger partial charge on any atom is -0.481 e. The van der Waals surface area contributed by atoms with Crippen molar-refractivity contribution in [3.8, 4) is 0 Å². The third kappa shape index (κ3) is 1.49. The third-order valence-corrected chi connectivity index (χ3v) is 4.58. The molecule has 3 rings (SSSR count).